The van der Waals surface area contributed by atoms with Gasteiger partial charge in [-0.1, -0.05) is 18.2 Å². The van der Waals surface area contributed by atoms with E-state index in [9.17, 15) is 13.6 Å². The summed E-state index contributed by atoms with van der Waals surface area (Å²) in [6.45, 7) is 4.58. The second-order valence-electron chi connectivity index (χ2n) is 9.24. The quantitative estimate of drug-likeness (QED) is 0.595. The molecule has 2 aliphatic rings. The van der Waals surface area contributed by atoms with Gasteiger partial charge in [0, 0.05) is 62.7 Å². The lowest BCUT2D eigenvalue weighted by Crippen LogP contribution is -2.50. The first-order valence-electron chi connectivity index (χ1n) is 11.8. The Morgan fingerprint density at radius 2 is 1.77 bits per heavy atom. The van der Waals surface area contributed by atoms with E-state index in [4.69, 9.17) is 0 Å². The second kappa shape index (κ2) is 9.48. The van der Waals surface area contributed by atoms with Gasteiger partial charge in [0.2, 0.25) is 0 Å². The monoisotopic (exact) mass is 478 g/mol. The van der Waals surface area contributed by atoms with Gasteiger partial charge in [-0.25, -0.2) is 18.6 Å². The highest BCUT2D eigenvalue weighted by atomic mass is 19.1. The molecule has 5 rings (SSSR count). The molecule has 4 heterocycles. The summed E-state index contributed by atoms with van der Waals surface area (Å²) in [6, 6.07) is 11.7. The van der Waals surface area contributed by atoms with Crippen molar-refractivity contribution in [2.24, 2.45) is 0 Å². The van der Waals surface area contributed by atoms with Crippen LogP contribution in [0.15, 0.2) is 61.1 Å². The SMILES string of the molecule is CC1(F)CCN(c2nccc(-c3ccccc3F)c2NC(=O)N2CCN(c3cccnc3)CC2)C1. The van der Waals surface area contributed by atoms with E-state index in [-0.39, 0.29) is 12.6 Å². The third-order valence-electron chi connectivity index (χ3n) is 6.63. The Hall–Kier alpha value is -3.75. The molecule has 7 nitrogen and oxygen atoms in total. The number of pyridine rings is 2. The summed E-state index contributed by atoms with van der Waals surface area (Å²) in [6.07, 6.45) is 5.49. The molecule has 0 radical (unpaired) electrons. The first-order chi connectivity index (χ1) is 16.9. The van der Waals surface area contributed by atoms with Crippen molar-refractivity contribution >= 4 is 23.2 Å². The number of anilines is 3. The number of carbonyl (C=O) groups excluding carboxylic acids is 1. The smallest absolute Gasteiger partial charge is 0.322 e. The maximum absolute atomic E-state index is 14.8. The molecule has 1 unspecified atom stereocenters. The molecule has 0 bridgehead atoms. The van der Waals surface area contributed by atoms with Crippen molar-refractivity contribution in [1.82, 2.24) is 14.9 Å². The van der Waals surface area contributed by atoms with E-state index in [0.29, 0.717) is 61.8 Å². The number of nitrogens with one attached hydrogen (secondary N) is 1. The first kappa shape index (κ1) is 23.0. The maximum Gasteiger partial charge on any atom is 0.322 e. The lowest BCUT2D eigenvalue weighted by molar-refractivity contribution is 0.208. The molecule has 1 aromatic carbocycles. The fourth-order valence-electron chi connectivity index (χ4n) is 4.72. The van der Waals surface area contributed by atoms with Crippen molar-refractivity contribution in [3.63, 3.8) is 0 Å². The highest BCUT2D eigenvalue weighted by Crippen LogP contribution is 2.39. The Morgan fingerprint density at radius 1 is 0.971 bits per heavy atom. The Bertz CT molecular complexity index is 1200. The third kappa shape index (κ3) is 4.89. The van der Waals surface area contributed by atoms with Crippen LogP contribution in [0.4, 0.5) is 30.8 Å². The van der Waals surface area contributed by atoms with Gasteiger partial charge in [0.1, 0.15) is 11.5 Å². The van der Waals surface area contributed by atoms with E-state index < -0.39 is 11.5 Å². The maximum atomic E-state index is 14.8. The summed E-state index contributed by atoms with van der Waals surface area (Å²) in [5.41, 5.74) is 0.944. The number of hydrogen-bond donors (Lipinski definition) is 1. The molecular formula is C26H28F2N6O. The molecule has 2 aliphatic heterocycles. The summed E-state index contributed by atoms with van der Waals surface area (Å²) in [7, 11) is 0. The van der Waals surface area contributed by atoms with E-state index in [1.165, 1.54) is 6.07 Å². The van der Waals surface area contributed by atoms with Crippen LogP contribution in [0.2, 0.25) is 0 Å². The molecule has 2 amide bonds. The topological polar surface area (TPSA) is 64.6 Å². The van der Waals surface area contributed by atoms with Gasteiger partial charge in [-0.3, -0.25) is 4.98 Å². The molecule has 0 spiro atoms. The fraction of sp³-hybridized carbons (Fsp3) is 0.346. The van der Waals surface area contributed by atoms with Crippen molar-refractivity contribution < 1.29 is 13.6 Å². The number of benzene rings is 1. The lowest BCUT2D eigenvalue weighted by Gasteiger charge is -2.36. The van der Waals surface area contributed by atoms with E-state index in [2.05, 4.69) is 20.2 Å². The second-order valence-corrected chi connectivity index (χ2v) is 9.24. The molecule has 1 N–H and O–H groups in total. The molecule has 0 aliphatic carbocycles. The number of alkyl halides is 1. The minimum atomic E-state index is -1.35. The van der Waals surface area contributed by atoms with Crippen molar-refractivity contribution in [2.45, 2.75) is 19.0 Å². The van der Waals surface area contributed by atoms with Crippen LogP contribution in [0.25, 0.3) is 11.1 Å². The van der Waals surface area contributed by atoms with Gasteiger partial charge in [-0.05, 0) is 31.2 Å². The van der Waals surface area contributed by atoms with Crippen molar-refractivity contribution in [1.29, 1.82) is 0 Å². The molecule has 9 heteroatoms. The fourth-order valence-corrected chi connectivity index (χ4v) is 4.72. The summed E-state index contributed by atoms with van der Waals surface area (Å²) in [4.78, 5) is 27.7. The van der Waals surface area contributed by atoms with Crippen LogP contribution < -0.4 is 15.1 Å². The van der Waals surface area contributed by atoms with Crippen molar-refractivity contribution in [3.05, 3.63) is 66.9 Å². The molecule has 35 heavy (non-hydrogen) atoms. The molecule has 2 saturated heterocycles. The molecule has 2 aromatic heterocycles. The highest BCUT2D eigenvalue weighted by molar-refractivity contribution is 5.99. The van der Waals surface area contributed by atoms with Crippen molar-refractivity contribution in [3.8, 4) is 11.1 Å². The lowest BCUT2D eigenvalue weighted by atomic mass is 10.0. The standard InChI is InChI=1S/C26H28F2N6O/c1-26(28)9-12-34(18-26)24-23(21(8-11-30-24)20-6-2-3-7-22(20)27)31-25(35)33-15-13-32(14-16-33)19-5-4-10-29-17-19/h2-8,10-11,17H,9,12-16,18H2,1H3,(H,31,35). The average Bonchev–Trinajstić information content (AvgIpc) is 3.24. The molecule has 3 aromatic rings. The zero-order chi connectivity index (χ0) is 24.4. The largest absolute Gasteiger partial charge is 0.367 e. The van der Waals surface area contributed by atoms with Gasteiger partial charge in [0.15, 0.2) is 5.82 Å². The minimum Gasteiger partial charge on any atom is -0.367 e. The predicted molar refractivity (Wildman–Crippen MR) is 133 cm³/mol. The van der Waals surface area contributed by atoms with E-state index in [1.54, 1.807) is 48.5 Å². The van der Waals surface area contributed by atoms with Crippen LogP contribution in [0.5, 0.6) is 0 Å². The molecular weight excluding hydrogens is 450 g/mol. The molecule has 2 fully saturated rings. The van der Waals surface area contributed by atoms with Crippen molar-refractivity contribution in [2.75, 3.05) is 54.4 Å². The minimum absolute atomic E-state index is 0.160. The number of hydrogen-bond acceptors (Lipinski definition) is 5. The van der Waals surface area contributed by atoms with Crippen LogP contribution in [-0.2, 0) is 0 Å². The summed E-state index contributed by atoms with van der Waals surface area (Å²) >= 11 is 0. The van der Waals surface area contributed by atoms with Gasteiger partial charge in [0.05, 0.1) is 24.1 Å². The summed E-state index contributed by atoms with van der Waals surface area (Å²) < 4.78 is 29.4. The van der Waals surface area contributed by atoms with E-state index in [0.717, 1.165) is 5.69 Å². The number of halogens is 2. The van der Waals surface area contributed by atoms with Gasteiger partial charge >= 0.3 is 6.03 Å². The summed E-state index contributed by atoms with van der Waals surface area (Å²) in [5, 5.41) is 3.00. The van der Waals surface area contributed by atoms with Crippen LogP contribution in [0.1, 0.15) is 13.3 Å². The number of rotatable bonds is 4. The zero-order valence-electron chi connectivity index (χ0n) is 19.6. The molecule has 182 valence electrons. The zero-order valence-corrected chi connectivity index (χ0v) is 19.6. The third-order valence-corrected chi connectivity index (χ3v) is 6.63. The van der Waals surface area contributed by atoms with E-state index >= 15 is 0 Å². The molecule has 1 atom stereocenters. The Labute approximate surface area is 203 Å². The number of urea groups is 1. The summed E-state index contributed by atoms with van der Waals surface area (Å²) in [5.74, 6) is 0.0523. The number of piperazine rings is 1. The number of carbonyl (C=O) groups is 1. The number of nitrogens with zero attached hydrogens (tertiary/aromatic N) is 5. The van der Waals surface area contributed by atoms with Gasteiger partial charge in [-0.15, -0.1) is 0 Å². The van der Waals surface area contributed by atoms with Gasteiger partial charge < -0.3 is 20.0 Å². The average molecular weight is 479 g/mol. The highest BCUT2D eigenvalue weighted by Gasteiger charge is 2.36. The Morgan fingerprint density at radius 3 is 2.46 bits per heavy atom. The Kier molecular flexibility index (Phi) is 6.23. The number of amides is 2. The predicted octanol–water partition coefficient (Wildman–Crippen LogP) is 4.58. The Balaban J connectivity index is 1.41. The normalized spacial score (nSPS) is 20.3. The van der Waals surface area contributed by atoms with Gasteiger partial charge in [-0.2, -0.15) is 0 Å². The van der Waals surface area contributed by atoms with Gasteiger partial charge in [0.25, 0.3) is 0 Å². The molecule has 0 saturated carbocycles. The van der Waals surface area contributed by atoms with Crippen LogP contribution >= 0.6 is 0 Å². The number of aromatic nitrogens is 2. The van der Waals surface area contributed by atoms with E-state index in [1.807, 2.05) is 23.2 Å². The van der Waals surface area contributed by atoms with Crippen LogP contribution in [0, 0.1) is 5.82 Å². The van der Waals surface area contributed by atoms with Crippen LogP contribution in [0.3, 0.4) is 0 Å². The van der Waals surface area contributed by atoms with Crippen LogP contribution in [-0.4, -0.2) is 65.8 Å². The first-order valence-corrected chi connectivity index (χ1v) is 11.8.